The van der Waals surface area contributed by atoms with Gasteiger partial charge in [-0.2, -0.15) is 0 Å². The molecule has 0 aromatic rings. The van der Waals surface area contributed by atoms with Crippen LogP contribution >= 0.6 is 11.6 Å². The minimum atomic E-state index is -0.0113. The van der Waals surface area contributed by atoms with E-state index in [9.17, 15) is 0 Å². The van der Waals surface area contributed by atoms with Crippen LogP contribution in [0, 0.1) is 0 Å². The van der Waals surface area contributed by atoms with Gasteiger partial charge in [-0.25, -0.2) is 0 Å². The first-order chi connectivity index (χ1) is 3.81. The fraction of sp³-hybridized carbons (Fsp3) is 0.333. The molecule has 4 nitrogen and oxygen atoms in total. The van der Waals surface area contributed by atoms with Crippen LogP contribution in [0.2, 0.25) is 0 Å². The minimum Gasteiger partial charge on any atom is -0.411 e. The zero-order valence-electron chi connectivity index (χ0n) is 3.95. The smallest absolute Gasteiger partial charge is 0.150 e. The van der Waals surface area contributed by atoms with Crippen molar-refractivity contribution in [1.82, 2.24) is 0 Å². The Morgan fingerprint density at radius 3 is 2.62 bits per heavy atom. The molecule has 0 unspecified atom stereocenters. The quantitative estimate of drug-likeness (QED) is 0.336. The molecular weight excluding hydrogens is 131 g/mol. The molecule has 0 bridgehead atoms. The Morgan fingerprint density at radius 2 is 2.25 bits per heavy atom. The highest BCUT2D eigenvalue weighted by Crippen LogP contribution is 1.87. The highest BCUT2D eigenvalue weighted by atomic mass is 35.5. The lowest BCUT2D eigenvalue weighted by atomic mass is 10.5. The lowest BCUT2D eigenvalue weighted by Gasteiger charge is -1.81. The van der Waals surface area contributed by atoms with E-state index in [1.54, 1.807) is 0 Å². The normalized spacial score (nSPS) is 12.9. The second-order valence-electron chi connectivity index (χ2n) is 0.978. The summed E-state index contributed by atoms with van der Waals surface area (Å²) in [5.74, 6) is 0. The Morgan fingerprint density at radius 1 is 1.62 bits per heavy atom. The first-order valence-corrected chi connectivity index (χ1v) is 2.21. The second kappa shape index (κ2) is 4.39. The molecule has 0 aromatic carbocycles. The molecule has 0 aliphatic carbocycles. The number of halogens is 1. The Hall–Kier alpha value is -0.770. The minimum absolute atomic E-state index is 0.0113. The molecule has 0 aromatic heterocycles. The molecule has 46 valence electrons. The maximum atomic E-state index is 7.87. The topological polar surface area (TPSA) is 65.2 Å². The zero-order chi connectivity index (χ0) is 6.41. The first kappa shape index (κ1) is 7.23. The Kier molecular flexibility index (Phi) is 3.97. The van der Waals surface area contributed by atoms with Crippen LogP contribution in [0.1, 0.15) is 6.42 Å². The average Bonchev–Trinajstić information content (AvgIpc) is 1.83. The number of rotatable bonds is 2. The fourth-order valence-electron chi connectivity index (χ4n) is 0.157. The molecule has 8 heavy (non-hydrogen) atoms. The van der Waals surface area contributed by atoms with Gasteiger partial charge in [-0.1, -0.05) is 16.8 Å². The van der Waals surface area contributed by atoms with E-state index < -0.39 is 0 Å². The van der Waals surface area contributed by atoms with E-state index >= 15 is 0 Å². The zero-order valence-corrected chi connectivity index (χ0v) is 4.71. The van der Waals surface area contributed by atoms with Gasteiger partial charge in [0.1, 0.15) is 0 Å². The molecule has 0 spiro atoms. The number of nitrogens with zero attached hydrogens (tertiary/aromatic N) is 2. The van der Waals surface area contributed by atoms with E-state index in [2.05, 4.69) is 10.3 Å². The van der Waals surface area contributed by atoms with Gasteiger partial charge < -0.3 is 10.4 Å². The highest BCUT2D eigenvalue weighted by Gasteiger charge is 1.87. The molecule has 0 fully saturated rings. The van der Waals surface area contributed by atoms with Crippen molar-refractivity contribution in [3.63, 3.8) is 0 Å². The molecule has 0 saturated carbocycles. The van der Waals surface area contributed by atoms with Gasteiger partial charge in [-0.15, -0.1) is 5.16 Å². The maximum absolute atomic E-state index is 7.87. The van der Waals surface area contributed by atoms with E-state index in [0.29, 0.717) is 0 Å². The van der Waals surface area contributed by atoms with Gasteiger partial charge >= 0.3 is 0 Å². The summed E-state index contributed by atoms with van der Waals surface area (Å²) in [4.78, 5) is 0. The summed E-state index contributed by atoms with van der Waals surface area (Å²) in [6.45, 7) is 0. The van der Waals surface area contributed by atoms with Crippen LogP contribution < -0.4 is 0 Å². The monoisotopic (exact) mass is 136 g/mol. The number of oxime groups is 2. The van der Waals surface area contributed by atoms with Crippen LogP contribution in [0.15, 0.2) is 10.3 Å². The van der Waals surface area contributed by atoms with Crippen molar-refractivity contribution in [3.8, 4) is 0 Å². The standard InChI is InChI=1S/C3H5ClN2O2/c4-3(6-8)1-2-5-7/h2,7-8H,1H2. The summed E-state index contributed by atoms with van der Waals surface area (Å²) >= 11 is 5.14. The van der Waals surface area contributed by atoms with Gasteiger partial charge in [-0.3, -0.25) is 0 Å². The maximum Gasteiger partial charge on any atom is 0.150 e. The molecule has 0 atom stereocenters. The molecule has 0 rings (SSSR count). The molecule has 0 saturated heterocycles. The SMILES string of the molecule is ON=CCC(Cl)=NO. The predicted molar refractivity (Wildman–Crippen MR) is 30.0 cm³/mol. The molecule has 0 aliphatic rings. The molecule has 5 heteroatoms. The van der Waals surface area contributed by atoms with Crippen molar-refractivity contribution in [2.45, 2.75) is 6.42 Å². The third-order valence-corrected chi connectivity index (χ3v) is 0.680. The van der Waals surface area contributed by atoms with Crippen LogP contribution in [0.4, 0.5) is 0 Å². The van der Waals surface area contributed by atoms with Crippen LogP contribution in [-0.2, 0) is 0 Å². The Labute approximate surface area is 51.1 Å². The summed E-state index contributed by atoms with van der Waals surface area (Å²) < 4.78 is 0. The number of hydrogen-bond acceptors (Lipinski definition) is 4. The van der Waals surface area contributed by atoms with Gasteiger partial charge in [-0.05, 0) is 0 Å². The van der Waals surface area contributed by atoms with Crippen molar-refractivity contribution in [1.29, 1.82) is 0 Å². The third-order valence-electron chi connectivity index (χ3n) is 0.450. The molecule has 0 aliphatic heterocycles. The third kappa shape index (κ3) is 3.42. The summed E-state index contributed by atoms with van der Waals surface area (Å²) in [5.41, 5.74) is 0. The van der Waals surface area contributed by atoms with Gasteiger partial charge in [0.2, 0.25) is 0 Å². The van der Waals surface area contributed by atoms with E-state index in [4.69, 9.17) is 22.0 Å². The van der Waals surface area contributed by atoms with Crippen molar-refractivity contribution < 1.29 is 10.4 Å². The van der Waals surface area contributed by atoms with Crippen molar-refractivity contribution in [2.75, 3.05) is 0 Å². The van der Waals surface area contributed by atoms with E-state index in [1.807, 2.05) is 0 Å². The molecule has 0 amide bonds. The summed E-state index contributed by atoms with van der Waals surface area (Å²) in [6.07, 6.45) is 1.26. The lowest BCUT2D eigenvalue weighted by Crippen LogP contribution is -1.86. The predicted octanol–water partition coefficient (Wildman–Crippen LogP) is 0.863. The summed E-state index contributed by atoms with van der Waals surface area (Å²) in [7, 11) is 0. The summed E-state index contributed by atoms with van der Waals surface area (Å²) in [6, 6.07) is 0. The molecule has 0 heterocycles. The molecule has 0 radical (unpaired) electrons. The van der Waals surface area contributed by atoms with Crippen LogP contribution in [0.25, 0.3) is 0 Å². The largest absolute Gasteiger partial charge is 0.411 e. The second-order valence-corrected chi connectivity index (χ2v) is 1.41. The van der Waals surface area contributed by atoms with Crippen molar-refractivity contribution in [2.24, 2.45) is 10.3 Å². The van der Waals surface area contributed by atoms with Gasteiger partial charge in [0, 0.05) is 6.42 Å². The molecular formula is C3H5ClN2O2. The lowest BCUT2D eigenvalue weighted by molar-refractivity contribution is 0.318. The first-order valence-electron chi connectivity index (χ1n) is 1.83. The molecule has 2 N–H and O–H groups in total. The van der Waals surface area contributed by atoms with Gasteiger partial charge in [0.15, 0.2) is 5.17 Å². The van der Waals surface area contributed by atoms with E-state index in [-0.39, 0.29) is 11.6 Å². The average molecular weight is 137 g/mol. The van der Waals surface area contributed by atoms with Crippen molar-refractivity contribution >= 4 is 23.0 Å². The van der Waals surface area contributed by atoms with Gasteiger partial charge in [0.05, 0.1) is 6.21 Å². The summed E-state index contributed by atoms with van der Waals surface area (Å²) in [5, 5.41) is 20.9. The Balaban J connectivity index is 3.40. The fourth-order valence-corrected chi connectivity index (χ4v) is 0.226. The van der Waals surface area contributed by atoms with Crippen LogP contribution in [0.3, 0.4) is 0 Å². The van der Waals surface area contributed by atoms with Crippen molar-refractivity contribution in [3.05, 3.63) is 0 Å². The number of hydrogen-bond donors (Lipinski definition) is 2. The van der Waals surface area contributed by atoms with Gasteiger partial charge in [0.25, 0.3) is 0 Å². The Bertz CT molecular complexity index is 112. The van der Waals surface area contributed by atoms with E-state index in [1.165, 1.54) is 0 Å². The van der Waals surface area contributed by atoms with E-state index in [0.717, 1.165) is 6.21 Å². The highest BCUT2D eigenvalue weighted by molar-refractivity contribution is 6.66. The van der Waals surface area contributed by atoms with Crippen LogP contribution in [0.5, 0.6) is 0 Å². The van der Waals surface area contributed by atoms with Crippen LogP contribution in [-0.4, -0.2) is 21.8 Å².